The summed E-state index contributed by atoms with van der Waals surface area (Å²) in [4.78, 5) is 49.4. The molecule has 4 fully saturated rings. The van der Waals surface area contributed by atoms with Gasteiger partial charge in [-0.15, -0.1) is 15.2 Å². The monoisotopic (exact) mass is 1520 g/mol. The Labute approximate surface area is 566 Å². The fourth-order valence-corrected chi connectivity index (χ4v) is 13.0. The Morgan fingerprint density at radius 2 is 0.800 bits per heavy atom. The van der Waals surface area contributed by atoms with E-state index < -0.39 is 127 Å². The number of imidazole rings is 4. The maximum absolute atomic E-state index is 14.4. The topological polar surface area (TPSA) is 439 Å². The number of hydrogen-bond acceptors (Lipinski definition) is 29. The Hall–Kier alpha value is -6.96. The molecule has 33 nitrogen and oxygen atoms in total. The van der Waals surface area contributed by atoms with Crippen LogP contribution in [0.2, 0.25) is 0 Å². The molecule has 12 rings (SSSR count). The largest absolute Gasteiger partial charge is 0.524 e. The van der Waals surface area contributed by atoms with E-state index in [1.807, 2.05) is 38.2 Å². The minimum Gasteiger partial charge on any atom is -0.394 e. The van der Waals surface area contributed by atoms with Gasteiger partial charge in [0.1, 0.15) is 77.9 Å². The molecule has 0 radical (unpaired) electrons. The summed E-state index contributed by atoms with van der Waals surface area (Å²) in [6.07, 6.45) is 5.47. The van der Waals surface area contributed by atoms with Gasteiger partial charge in [0, 0.05) is 24.1 Å². The van der Waals surface area contributed by atoms with Crippen molar-refractivity contribution in [1.82, 2.24) is 78.1 Å². The number of halogens is 11. The second-order valence-corrected chi connectivity index (χ2v) is 27.3. The maximum atomic E-state index is 14.4. The first-order valence-electron chi connectivity index (χ1n) is 29.6. The summed E-state index contributed by atoms with van der Waals surface area (Å²) in [5.41, 5.74) is -5.83. The van der Waals surface area contributed by atoms with Crippen molar-refractivity contribution in [1.29, 1.82) is 0 Å². The number of anilines is 1. The van der Waals surface area contributed by atoms with Crippen molar-refractivity contribution in [3.8, 4) is 0 Å². The van der Waals surface area contributed by atoms with E-state index in [-0.39, 0.29) is 29.9 Å². The number of aromatic nitrogens is 16. The molecule has 0 bridgehead atoms. The van der Waals surface area contributed by atoms with E-state index >= 15 is 0 Å². The lowest BCUT2D eigenvalue weighted by Crippen LogP contribution is -2.35. The number of nitrogens with zero attached hydrogens (tertiary/aromatic N) is 16. The Kier molecular flexibility index (Phi) is 25.5. The van der Waals surface area contributed by atoms with Crippen molar-refractivity contribution < 1.29 is 116 Å². The average Bonchev–Trinajstić information content (AvgIpc) is 1.64. The fraction of sp³-hybridized carbons (Fsp3) is 0.623. The fourth-order valence-electron chi connectivity index (χ4n) is 10.8. The van der Waals surface area contributed by atoms with Crippen LogP contribution in [0.15, 0.2) is 50.6 Å². The summed E-state index contributed by atoms with van der Waals surface area (Å²) < 4.78 is 220. The molecule has 100 heavy (non-hydrogen) atoms. The normalized spacial score (nSPS) is 27.2. The summed E-state index contributed by atoms with van der Waals surface area (Å²) in [6, 6.07) is 0. The van der Waals surface area contributed by atoms with Gasteiger partial charge in [-0.3, -0.25) is 22.5 Å². The molecule has 0 amide bonds. The standard InChI is InChI=1S/C14H17F3N4O4S.C13H17FN4O.C13H18N4O2.C10H13N5O4.C2F6O5S2.CH3Cl/c1-4-9-7(2)11(25-26(22,23)14(15,16)17)13(24-9)21-6-20-10-8(3)18-5-19-12(10)21;1-4-9-7(2)10(14)13(19-9)18-6-17-11-8(3)15-5-16-12(11)18;1-4-9-7(2)11(18)13(19-9)17-6-16-10-8(3)14-5-15-12(10)17;11-8-5-9(13-2-12-8)15(3-14-5)10-7(18)6(17)4(1-16)19-10;3-1(4,5)14(9,10)13-15(11,12)2(6,7)8;1-2/h5-7,9,11,13H,4H2,1-3H3;5-7,9-10,13H,4H2,1-3H3;5-7,9,11,13,18H,4H2,1-3H3;2-4,6-7,10,16-18H,1H2,(H2,11,12,13);;1H3/t7-,9-,11-,13-;7-,9-,10+,13-;7-,9-,11-,13-;4-,6-,7-,10-;;/m1111../s1. The molecule has 0 unspecified atom stereocenters. The Bertz CT molecular complexity index is 4150. The minimum atomic E-state index is -6.85. The highest BCUT2D eigenvalue weighted by Crippen LogP contribution is 2.43. The van der Waals surface area contributed by atoms with Crippen molar-refractivity contribution in [3.05, 3.63) is 67.7 Å². The van der Waals surface area contributed by atoms with Gasteiger partial charge in [0.05, 0.1) is 67.3 Å². The molecule has 8 aromatic rings. The van der Waals surface area contributed by atoms with Crippen LogP contribution in [-0.2, 0) is 57.1 Å². The van der Waals surface area contributed by atoms with Gasteiger partial charge >= 0.3 is 46.9 Å². The van der Waals surface area contributed by atoms with Crippen LogP contribution in [0.25, 0.3) is 44.7 Å². The van der Waals surface area contributed by atoms with Gasteiger partial charge in [-0.1, -0.05) is 41.5 Å². The van der Waals surface area contributed by atoms with Crippen molar-refractivity contribution in [2.45, 2.75) is 178 Å². The molecule has 4 aliphatic rings. The van der Waals surface area contributed by atoms with Gasteiger partial charge in [-0.25, -0.2) is 64.2 Å². The molecule has 0 aliphatic carbocycles. The number of fused-ring (bicyclic) bond motifs is 4. The molecule has 0 aromatic carbocycles. The Morgan fingerprint density at radius 3 is 1.18 bits per heavy atom. The molecule has 8 aromatic heterocycles. The predicted octanol–water partition coefficient (Wildman–Crippen LogP) is 5.75. The van der Waals surface area contributed by atoms with Crippen LogP contribution in [0.3, 0.4) is 0 Å². The third kappa shape index (κ3) is 16.6. The van der Waals surface area contributed by atoms with Gasteiger partial charge in [-0.05, 0) is 40.0 Å². The zero-order valence-electron chi connectivity index (χ0n) is 54.0. The first-order chi connectivity index (χ1) is 46.7. The van der Waals surface area contributed by atoms with Crippen LogP contribution in [-0.4, -0.2) is 208 Å². The van der Waals surface area contributed by atoms with Crippen molar-refractivity contribution in [3.63, 3.8) is 0 Å². The van der Waals surface area contributed by atoms with E-state index in [1.54, 1.807) is 42.6 Å². The summed E-state index contributed by atoms with van der Waals surface area (Å²) in [5, 5.41) is 39.1. The number of aliphatic hydroxyl groups is 4. The second kappa shape index (κ2) is 31.7. The van der Waals surface area contributed by atoms with Gasteiger partial charge in [0.2, 0.25) is 0 Å². The molecule has 12 heterocycles. The summed E-state index contributed by atoms with van der Waals surface area (Å²) in [5.74, 6) is -0.385. The molecule has 556 valence electrons. The number of hydrogen-bond donors (Lipinski definition) is 5. The molecule has 16 atom stereocenters. The number of alkyl halides is 11. The van der Waals surface area contributed by atoms with E-state index in [2.05, 4.69) is 82.5 Å². The van der Waals surface area contributed by atoms with Gasteiger partial charge in [-0.2, -0.15) is 64.8 Å². The number of ether oxygens (including phenoxy) is 4. The van der Waals surface area contributed by atoms with Crippen LogP contribution in [0.5, 0.6) is 0 Å². The van der Waals surface area contributed by atoms with E-state index in [0.29, 0.717) is 51.3 Å². The number of nitrogen functional groups attached to an aromatic ring is 1. The van der Waals surface area contributed by atoms with Crippen molar-refractivity contribution >= 4 is 92.4 Å². The van der Waals surface area contributed by atoms with Crippen LogP contribution in [0.1, 0.15) is 103 Å². The zero-order chi connectivity index (χ0) is 74.7. The molecule has 0 saturated carbocycles. The van der Waals surface area contributed by atoms with Crippen LogP contribution in [0.4, 0.5) is 49.7 Å². The number of rotatable bonds is 12. The SMILES string of the molecule is CC[C@H]1O[C@@H](n2cnc3c(C)ncnc32)[C@@H](F)[C@@H]1C.CC[C@H]1O[C@@H](n2cnc3c(C)ncnc32)[C@H](O)[C@@H]1C.CC[C@H]1O[C@@H](n2cnc3c(C)ncnc32)[C@H](OS(=O)(=O)C(F)(F)F)[C@@H]1C.CCl.Nc1ncnc2c1ncn2[C@@H]1O[C@H](CO)[C@@H](O)[C@H]1O.O=S(=O)(OS(=O)(=O)C(F)(F)F)C(F)(F)F. The summed E-state index contributed by atoms with van der Waals surface area (Å²) in [7, 11) is -19.5. The molecule has 4 saturated heterocycles. The Morgan fingerprint density at radius 1 is 0.470 bits per heavy atom. The van der Waals surface area contributed by atoms with Gasteiger partial charge in [0.25, 0.3) is 0 Å². The lowest BCUT2D eigenvalue weighted by Gasteiger charge is -2.22. The lowest BCUT2D eigenvalue weighted by molar-refractivity contribution is -0.0674. The maximum Gasteiger partial charge on any atom is 0.524 e. The van der Waals surface area contributed by atoms with Crippen LogP contribution in [0, 0.1) is 38.5 Å². The average molecular weight is 1520 g/mol. The highest BCUT2D eigenvalue weighted by atomic mass is 35.5. The number of aliphatic hydroxyl groups excluding tert-OH is 4. The first kappa shape index (κ1) is 80.4. The molecular formula is C53H68ClF10N17O16S3. The molecule has 47 heteroatoms. The predicted molar refractivity (Wildman–Crippen MR) is 327 cm³/mol. The van der Waals surface area contributed by atoms with Crippen molar-refractivity contribution in [2.75, 3.05) is 18.7 Å². The van der Waals surface area contributed by atoms with E-state index in [4.69, 9.17) is 29.8 Å². The number of aryl methyl sites for hydroxylation is 3. The third-order valence-electron chi connectivity index (χ3n) is 16.2. The molecule has 4 aliphatic heterocycles. The third-order valence-corrected chi connectivity index (χ3v) is 19.8. The summed E-state index contributed by atoms with van der Waals surface area (Å²) in [6.45, 7) is 16.4. The van der Waals surface area contributed by atoms with Gasteiger partial charge in [0.15, 0.2) is 59.5 Å². The van der Waals surface area contributed by atoms with Crippen molar-refractivity contribution in [2.24, 2.45) is 17.8 Å². The lowest BCUT2D eigenvalue weighted by atomic mass is 9.99. The number of nitrogens with two attached hydrogens (primary N) is 1. The van der Waals surface area contributed by atoms with Gasteiger partial charge < -0.3 is 45.1 Å². The highest BCUT2D eigenvalue weighted by Gasteiger charge is 2.58. The minimum absolute atomic E-state index is 0.0552. The Balaban J connectivity index is 0.000000176. The second-order valence-electron chi connectivity index (χ2n) is 22.4. The first-order valence-corrected chi connectivity index (χ1v) is 34.6. The zero-order valence-corrected chi connectivity index (χ0v) is 57.2. The van der Waals surface area contributed by atoms with E-state index in [9.17, 15) is 84.5 Å². The molecule has 6 N–H and O–H groups in total. The highest BCUT2D eigenvalue weighted by molar-refractivity contribution is 8.00. The summed E-state index contributed by atoms with van der Waals surface area (Å²) >= 11 is 4.64. The molecular weight excluding hydrogens is 1450 g/mol. The molecule has 0 spiro atoms. The quantitative estimate of drug-likeness (QED) is 0.0421. The van der Waals surface area contributed by atoms with E-state index in [1.165, 1.54) is 53.5 Å². The smallest absolute Gasteiger partial charge is 0.394 e. The van der Waals surface area contributed by atoms with Crippen LogP contribution < -0.4 is 5.73 Å². The van der Waals surface area contributed by atoms with Crippen LogP contribution >= 0.6 is 11.6 Å². The van der Waals surface area contributed by atoms with E-state index in [0.717, 1.165) is 29.7 Å².